The smallest absolute Gasteiger partial charge is 0.337 e. The molecule has 0 saturated carbocycles. The molecule has 0 radical (unpaired) electrons. The first-order valence-corrected chi connectivity index (χ1v) is 4.92. The average Bonchev–Trinajstić information content (AvgIpc) is 2.69. The standard InChI is InChI=1S/C9H5Cl2N3O2/c10-5-1-6(9(15)16)8(7(11)2-5)14-3-12-13-4-14/h1-4H,(H,15,16). The van der Waals surface area contributed by atoms with E-state index in [0.29, 0.717) is 5.69 Å². The van der Waals surface area contributed by atoms with Gasteiger partial charge in [-0.2, -0.15) is 0 Å². The van der Waals surface area contributed by atoms with Crippen LogP contribution in [0, 0.1) is 0 Å². The molecule has 0 aliphatic rings. The van der Waals surface area contributed by atoms with Crippen molar-refractivity contribution in [1.82, 2.24) is 14.8 Å². The van der Waals surface area contributed by atoms with Crippen molar-refractivity contribution in [3.63, 3.8) is 0 Å². The molecule has 0 saturated heterocycles. The molecule has 1 aromatic heterocycles. The van der Waals surface area contributed by atoms with Crippen LogP contribution in [-0.2, 0) is 0 Å². The molecule has 82 valence electrons. The van der Waals surface area contributed by atoms with E-state index in [4.69, 9.17) is 28.3 Å². The third-order valence-corrected chi connectivity index (χ3v) is 2.44. The van der Waals surface area contributed by atoms with Gasteiger partial charge in [0.2, 0.25) is 0 Å². The molecular formula is C9H5Cl2N3O2. The first-order valence-electron chi connectivity index (χ1n) is 4.17. The van der Waals surface area contributed by atoms with Gasteiger partial charge in [0.1, 0.15) is 12.7 Å². The zero-order valence-corrected chi connectivity index (χ0v) is 9.27. The van der Waals surface area contributed by atoms with Crippen LogP contribution in [-0.4, -0.2) is 25.8 Å². The van der Waals surface area contributed by atoms with E-state index in [1.165, 1.54) is 29.4 Å². The number of halogens is 2. The van der Waals surface area contributed by atoms with E-state index in [1.54, 1.807) is 0 Å². The summed E-state index contributed by atoms with van der Waals surface area (Å²) < 4.78 is 1.42. The highest BCUT2D eigenvalue weighted by atomic mass is 35.5. The summed E-state index contributed by atoms with van der Waals surface area (Å²) >= 11 is 11.7. The molecule has 0 bridgehead atoms. The first-order chi connectivity index (χ1) is 7.59. The SMILES string of the molecule is O=C(O)c1cc(Cl)cc(Cl)c1-n1cnnc1. The summed E-state index contributed by atoms with van der Waals surface area (Å²) in [6, 6.07) is 2.79. The van der Waals surface area contributed by atoms with Gasteiger partial charge in [0.15, 0.2) is 0 Å². The normalized spacial score (nSPS) is 10.4. The Kier molecular flexibility index (Phi) is 2.80. The minimum Gasteiger partial charge on any atom is -0.478 e. The van der Waals surface area contributed by atoms with Crippen molar-refractivity contribution in [2.45, 2.75) is 0 Å². The molecule has 2 aromatic rings. The molecule has 7 heteroatoms. The molecule has 16 heavy (non-hydrogen) atoms. The Balaban J connectivity index is 2.72. The van der Waals surface area contributed by atoms with Gasteiger partial charge in [-0.05, 0) is 12.1 Å². The van der Waals surface area contributed by atoms with Crippen LogP contribution in [0.3, 0.4) is 0 Å². The summed E-state index contributed by atoms with van der Waals surface area (Å²) in [7, 11) is 0. The van der Waals surface area contributed by atoms with Gasteiger partial charge < -0.3 is 5.11 Å². The molecule has 2 rings (SSSR count). The van der Waals surface area contributed by atoms with Gasteiger partial charge in [0, 0.05) is 5.02 Å². The summed E-state index contributed by atoms with van der Waals surface area (Å²) in [5.74, 6) is -1.12. The third kappa shape index (κ3) is 1.87. The van der Waals surface area contributed by atoms with E-state index in [0.717, 1.165) is 0 Å². The second-order valence-electron chi connectivity index (χ2n) is 2.96. The van der Waals surface area contributed by atoms with Crippen LogP contribution in [0.1, 0.15) is 10.4 Å². The molecule has 5 nitrogen and oxygen atoms in total. The predicted molar refractivity (Wildman–Crippen MR) is 58.3 cm³/mol. The summed E-state index contributed by atoms with van der Waals surface area (Å²) in [4.78, 5) is 11.0. The predicted octanol–water partition coefficient (Wildman–Crippen LogP) is 2.27. The molecule has 0 spiro atoms. The summed E-state index contributed by atoms with van der Waals surface area (Å²) in [5, 5.41) is 16.7. The first kappa shape index (κ1) is 10.9. The Morgan fingerprint density at radius 3 is 2.44 bits per heavy atom. The van der Waals surface area contributed by atoms with E-state index >= 15 is 0 Å². The molecular weight excluding hydrogens is 253 g/mol. The number of aromatic carboxylic acids is 1. The van der Waals surface area contributed by atoms with Crippen molar-refractivity contribution in [3.05, 3.63) is 40.4 Å². The van der Waals surface area contributed by atoms with Crippen molar-refractivity contribution in [2.75, 3.05) is 0 Å². The van der Waals surface area contributed by atoms with Gasteiger partial charge in [0.25, 0.3) is 0 Å². The Labute approximate surface area is 100 Å². The van der Waals surface area contributed by atoms with Crippen LogP contribution < -0.4 is 0 Å². The molecule has 0 atom stereocenters. The quantitative estimate of drug-likeness (QED) is 0.897. The van der Waals surface area contributed by atoms with E-state index < -0.39 is 5.97 Å². The lowest BCUT2D eigenvalue weighted by atomic mass is 10.2. The van der Waals surface area contributed by atoms with Gasteiger partial charge in [-0.1, -0.05) is 23.2 Å². The van der Waals surface area contributed by atoms with E-state index in [2.05, 4.69) is 10.2 Å². The molecule has 1 heterocycles. The van der Waals surface area contributed by atoms with Crippen molar-refractivity contribution in [1.29, 1.82) is 0 Å². The summed E-state index contributed by atoms with van der Waals surface area (Å²) in [6.45, 7) is 0. The van der Waals surface area contributed by atoms with Gasteiger partial charge >= 0.3 is 5.97 Å². The minimum atomic E-state index is -1.12. The van der Waals surface area contributed by atoms with Crippen molar-refractivity contribution in [3.8, 4) is 5.69 Å². The van der Waals surface area contributed by atoms with Crippen LogP contribution in [0.15, 0.2) is 24.8 Å². The maximum absolute atomic E-state index is 11.0. The van der Waals surface area contributed by atoms with Gasteiger partial charge in [-0.3, -0.25) is 4.57 Å². The van der Waals surface area contributed by atoms with Crippen molar-refractivity contribution >= 4 is 29.2 Å². The highest BCUT2D eigenvalue weighted by Crippen LogP contribution is 2.28. The number of benzene rings is 1. The highest BCUT2D eigenvalue weighted by molar-refractivity contribution is 6.36. The van der Waals surface area contributed by atoms with E-state index in [1.807, 2.05) is 0 Å². The Morgan fingerprint density at radius 1 is 1.25 bits per heavy atom. The van der Waals surface area contributed by atoms with E-state index in [9.17, 15) is 4.79 Å². The van der Waals surface area contributed by atoms with Crippen LogP contribution in [0.4, 0.5) is 0 Å². The molecule has 0 aliphatic carbocycles. The molecule has 1 aromatic carbocycles. The van der Waals surface area contributed by atoms with Gasteiger partial charge in [-0.15, -0.1) is 10.2 Å². The molecule has 0 amide bonds. The maximum atomic E-state index is 11.0. The Hall–Kier alpha value is -1.59. The number of carboxylic acid groups (broad SMARTS) is 1. The fraction of sp³-hybridized carbons (Fsp3) is 0. The Bertz CT molecular complexity index is 540. The fourth-order valence-corrected chi connectivity index (χ4v) is 1.90. The van der Waals surface area contributed by atoms with Gasteiger partial charge in [0.05, 0.1) is 16.3 Å². The van der Waals surface area contributed by atoms with Crippen LogP contribution in [0.5, 0.6) is 0 Å². The van der Waals surface area contributed by atoms with Crippen LogP contribution in [0.2, 0.25) is 10.0 Å². The van der Waals surface area contributed by atoms with Gasteiger partial charge in [-0.25, -0.2) is 4.79 Å². The maximum Gasteiger partial charge on any atom is 0.337 e. The largest absolute Gasteiger partial charge is 0.478 e. The summed E-state index contributed by atoms with van der Waals surface area (Å²) in [6.07, 6.45) is 2.73. The minimum absolute atomic E-state index is 0.00250. The number of hydrogen-bond acceptors (Lipinski definition) is 3. The molecule has 0 fully saturated rings. The monoisotopic (exact) mass is 257 g/mol. The molecule has 0 unspecified atom stereocenters. The number of aromatic nitrogens is 3. The zero-order chi connectivity index (χ0) is 11.7. The number of hydrogen-bond donors (Lipinski definition) is 1. The lowest BCUT2D eigenvalue weighted by Gasteiger charge is -2.08. The van der Waals surface area contributed by atoms with Crippen LogP contribution >= 0.6 is 23.2 Å². The van der Waals surface area contributed by atoms with Crippen molar-refractivity contribution in [2.24, 2.45) is 0 Å². The highest BCUT2D eigenvalue weighted by Gasteiger charge is 2.16. The lowest BCUT2D eigenvalue weighted by molar-refractivity contribution is 0.0697. The lowest BCUT2D eigenvalue weighted by Crippen LogP contribution is -2.05. The molecule has 0 aliphatic heterocycles. The second-order valence-corrected chi connectivity index (χ2v) is 3.80. The number of carboxylic acids is 1. The Morgan fingerprint density at radius 2 is 1.88 bits per heavy atom. The van der Waals surface area contributed by atoms with E-state index in [-0.39, 0.29) is 15.6 Å². The molecule has 1 N–H and O–H groups in total. The summed E-state index contributed by atoms with van der Waals surface area (Å²) in [5.41, 5.74) is 0.292. The topological polar surface area (TPSA) is 68.0 Å². The number of carbonyl (C=O) groups is 1. The zero-order valence-electron chi connectivity index (χ0n) is 7.76. The average molecular weight is 258 g/mol. The number of nitrogens with zero attached hydrogens (tertiary/aromatic N) is 3. The van der Waals surface area contributed by atoms with Crippen molar-refractivity contribution < 1.29 is 9.90 Å². The number of rotatable bonds is 2. The third-order valence-electron chi connectivity index (χ3n) is 1.94. The fourth-order valence-electron chi connectivity index (χ4n) is 1.31. The van der Waals surface area contributed by atoms with Crippen LogP contribution in [0.25, 0.3) is 5.69 Å². The second kappa shape index (κ2) is 4.11.